The van der Waals surface area contributed by atoms with Crippen molar-refractivity contribution < 1.29 is 14.6 Å². The van der Waals surface area contributed by atoms with E-state index >= 15 is 0 Å². The first kappa shape index (κ1) is 14.2. The minimum absolute atomic E-state index is 0.0433. The number of pyridine rings is 1. The summed E-state index contributed by atoms with van der Waals surface area (Å²) in [6.07, 6.45) is 1.41. The lowest BCUT2D eigenvalue weighted by molar-refractivity contribution is 0.000653. The first-order valence-electron chi connectivity index (χ1n) is 5.73. The number of hydrogen-bond donors (Lipinski definition) is 3. The Labute approximate surface area is 106 Å². The molecular weight excluding hydrogens is 234 g/mol. The summed E-state index contributed by atoms with van der Waals surface area (Å²) in [7, 11) is 0. The molecule has 0 spiro atoms. The van der Waals surface area contributed by atoms with Crippen LogP contribution in [0.15, 0.2) is 12.3 Å². The van der Waals surface area contributed by atoms with E-state index in [1.807, 2.05) is 20.8 Å². The second kappa shape index (κ2) is 5.68. The maximum absolute atomic E-state index is 10.9. The van der Waals surface area contributed by atoms with Gasteiger partial charge in [-0.2, -0.15) is 0 Å². The van der Waals surface area contributed by atoms with E-state index in [1.54, 1.807) is 0 Å². The molecule has 0 saturated heterocycles. The molecule has 0 unspecified atom stereocenters. The summed E-state index contributed by atoms with van der Waals surface area (Å²) in [6, 6.07) is 1.37. The van der Waals surface area contributed by atoms with Crippen LogP contribution in [-0.2, 0) is 4.74 Å². The van der Waals surface area contributed by atoms with E-state index in [4.69, 9.17) is 15.6 Å². The highest BCUT2D eigenvalue weighted by Crippen LogP contribution is 2.21. The van der Waals surface area contributed by atoms with E-state index in [-0.39, 0.29) is 16.9 Å². The minimum Gasteiger partial charge on any atom is -0.478 e. The van der Waals surface area contributed by atoms with Gasteiger partial charge in [-0.25, -0.2) is 9.78 Å². The first-order chi connectivity index (χ1) is 8.37. The van der Waals surface area contributed by atoms with Crippen LogP contribution in [0.25, 0.3) is 0 Å². The number of aromatic carboxylic acids is 1. The van der Waals surface area contributed by atoms with Crippen LogP contribution >= 0.6 is 0 Å². The molecular formula is C12H19N3O3. The number of ether oxygens (including phenoxy) is 1. The average Bonchev–Trinajstić information content (AvgIpc) is 2.27. The van der Waals surface area contributed by atoms with Crippen LogP contribution in [-0.4, -0.2) is 34.8 Å². The Bertz CT molecular complexity index is 433. The van der Waals surface area contributed by atoms with Gasteiger partial charge in [-0.15, -0.1) is 0 Å². The molecule has 1 aromatic rings. The Hall–Kier alpha value is -1.82. The molecule has 1 aromatic heterocycles. The predicted molar refractivity (Wildman–Crippen MR) is 69.8 cm³/mol. The summed E-state index contributed by atoms with van der Waals surface area (Å²) in [5, 5.41) is 12.0. The summed E-state index contributed by atoms with van der Waals surface area (Å²) >= 11 is 0. The maximum Gasteiger partial charge on any atom is 0.337 e. The Morgan fingerprint density at radius 1 is 1.61 bits per heavy atom. The third kappa shape index (κ3) is 3.59. The second-order valence-corrected chi connectivity index (χ2v) is 4.47. The van der Waals surface area contributed by atoms with Crippen LogP contribution in [0.2, 0.25) is 0 Å². The van der Waals surface area contributed by atoms with Crippen molar-refractivity contribution in [1.82, 2.24) is 4.98 Å². The molecule has 0 aliphatic heterocycles. The number of nitrogens with two attached hydrogens (primary N) is 1. The van der Waals surface area contributed by atoms with E-state index in [0.717, 1.165) is 0 Å². The van der Waals surface area contributed by atoms with Crippen LogP contribution < -0.4 is 11.1 Å². The molecule has 0 aliphatic carbocycles. The summed E-state index contributed by atoms with van der Waals surface area (Å²) in [4.78, 5) is 14.9. The second-order valence-electron chi connectivity index (χ2n) is 4.47. The fraction of sp³-hybridized carbons (Fsp3) is 0.500. The van der Waals surface area contributed by atoms with Gasteiger partial charge in [0, 0.05) is 19.3 Å². The molecule has 0 bridgehead atoms. The van der Waals surface area contributed by atoms with Gasteiger partial charge >= 0.3 is 5.97 Å². The largest absolute Gasteiger partial charge is 0.478 e. The molecule has 1 heterocycles. The third-order valence-corrected chi connectivity index (χ3v) is 2.44. The van der Waals surface area contributed by atoms with Crippen LogP contribution in [0.4, 0.5) is 11.5 Å². The molecule has 0 aromatic carbocycles. The Kier molecular flexibility index (Phi) is 4.49. The van der Waals surface area contributed by atoms with Crippen molar-refractivity contribution in [2.75, 3.05) is 24.2 Å². The average molecular weight is 253 g/mol. The Morgan fingerprint density at radius 3 is 2.83 bits per heavy atom. The van der Waals surface area contributed by atoms with E-state index in [9.17, 15) is 4.79 Å². The topological polar surface area (TPSA) is 97.5 Å². The summed E-state index contributed by atoms with van der Waals surface area (Å²) in [6.45, 7) is 6.87. The highest BCUT2D eigenvalue weighted by atomic mass is 16.5. The molecule has 0 saturated carbocycles. The van der Waals surface area contributed by atoms with Crippen LogP contribution in [0, 0.1) is 0 Å². The predicted octanol–water partition coefficient (Wildman–Crippen LogP) is 1.59. The SMILES string of the molecule is CCOC(C)(C)CNc1nccc(C(=O)O)c1N. The van der Waals surface area contributed by atoms with Crippen LogP contribution in [0.5, 0.6) is 0 Å². The lowest BCUT2D eigenvalue weighted by Gasteiger charge is -2.25. The van der Waals surface area contributed by atoms with E-state index in [2.05, 4.69) is 10.3 Å². The van der Waals surface area contributed by atoms with E-state index in [1.165, 1.54) is 12.3 Å². The molecule has 18 heavy (non-hydrogen) atoms. The number of nitrogen functional groups attached to an aromatic ring is 1. The number of anilines is 2. The van der Waals surface area contributed by atoms with Crippen LogP contribution in [0.1, 0.15) is 31.1 Å². The van der Waals surface area contributed by atoms with Gasteiger partial charge in [0.1, 0.15) is 5.82 Å². The van der Waals surface area contributed by atoms with Gasteiger partial charge in [0.25, 0.3) is 0 Å². The van der Waals surface area contributed by atoms with Crippen molar-refractivity contribution in [3.63, 3.8) is 0 Å². The zero-order valence-electron chi connectivity index (χ0n) is 10.9. The molecule has 0 radical (unpaired) electrons. The monoisotopic (exact) mass is 253 g/mol. The minimum atomic E-state index is -1.07. The van der Waals surface area contributed by atoms with Crippen molar-refractivity contribution in [3.05, 3.63) is 17.8 Å². The molecule has 100 valence electrons. The Morgan fingerprint density at radius 2 is 2.28 bits per heavy atom. The highest BCUT2D eigenvalue weighted by Gasteiger charge is 2.19. The first-order valence-corrected chi connectivity index (χ1v) is 5.73. The number of nitrogens with zero attached hydrogens (tertiary/aromatic N) is 1. The van der Waals surface area contributed by atoms with Crippen molar-refractivity contribution >= 4 is 17.5 Å². The number of carboxylic acids is 1. The normalized spacial score (nSPS) is 11.3. The Balaban J connectivity index is 2.80. The highest BCUT2D eigenvalue weighted by molar-refractivity contribution is 5.96. The summed E-state index contributed by atoms with van der Waals surface area (Å²) < 4.78 is 5.52. The molecule has 6 nitrogen and oxygen atoms in total. The quantitative estimate of drug-likeness (QED) is 0.712. The number of rotatable bonds is 6. The smallest absolute Gasteiger partial charge is 0.337 e. The van der Waals surface area contributed by atoms with Gasteiger partial charge in [-0.05, 0) is 26.8 Å². The fourth-order valence-corrected chi connectivity index (χ4v) is 1.54. The molecule has 0 amide bonds. The van der Waals surface area contributed by atoms with Crippen molar-refractivity contribution in [1.29, 1.82) is 0 Å². The molecule has 0 fully saturated rings. The molecule has 1 rings (SSSR count). The van der Waals surface area contributed by atoms with Gasteiger partial charge in [0.15, 0.2) is 0 Å². The standard InChI is InChI=1S/C12H19N3O3/c1-4-18-12(2,3)7-15-10-9(13)8(11(16)17)5-6-14-10/h5-6H,4,7,13H2,1-3H3,(H,14,15)(H,16,17). The maximum atomic E-state index is 10.9. The fourth-order valence-electron chi connectivity index (χ4n) is 1.54. The number of carboxylic acid groups (broad SMARTS) is 1. The summed E-state index contributed by atoms with van der Waals surface area (Å²) in [5.41, 5.74) is 5.55. The van der Waals surface area contributed by atoms with Gasteiger partial charge in [0.05, 0.1) is 16.9 Å². The molecule has 4 N–H and O–H groups in total. The van der Waals surface area contributed by atoms with Crippen molar-refractivity contribution in [2.24, 2.45) is 0 Å². The van der Waals surface area contributed by atoms with E-state index < -0.39 is 5.97 Å². The van der Waals surface area contributed by atoms with E-state index in [0.29, 0.717) is 19.0 Å². The summed E-state index contributed by atoms with van der Waals surface area (Å²) in [5.74, 6) is -0.704. The number of nitrogens with one attached hydrogen (secondary N) is 1. The van der Waals surface area contributed by atoms with Crippen molar-refractivity contribution in [3.8, 4) is 0 Å². The van der Waals surface area contributed by atoms with Crippen molar-refractivity contribution in [2.45, 2.75) is 26.4 Å². The molecule has 0 aliphatic rings. The molecule has 6 heteroatoms. The lowest BCUT2D eigenvalue weighted by atomic mass is 10.1. The number of carbonyl (C=O) groups is 1. The van der Waals surface area contributed by atoms with Crippen LogP contribution in [0.3, 0.4) is 0 Å². The van der Waals surface area contributed by atoms with Gasteiger partial charge < -0.3 is 20.9 Å². The molecule has 0 atom stereocenters. The van der Waals surface area contributed by atoms with Gasteiger partial charge in [-0.3, -0.25) is 0 Å². The number of aromatic nitrogens is 1. The zero-order valence-corrected chi connectivity index (χ0v) is 10.9. The zero-order chi connectivity index (χ0) is 13.8. The number of hydrogen-bond acceptors (Lipinski definition) is 5. The van der Waals surface area contributed by atoms with Gasteiger partial charge in [0.2, 0.25) is 0 Å². The van der Waals surface area contributed by atoms with Gasteiger partial charge in [-0.1, -0.05) is 0 Å². The third-order valence-electron chi connectivity index (χ3n) is 2.44. The lowest BCUT2D eigenvalue weighted by Crippen LogP contribution is -2.33.